The summed E-state index contributed by atoms with van der Waals surface area (Å²) in [5, 5.41) is 2.98. The third-order valence-corrected chi connectivity index (χ3v) is 1.78. The Morgan fingerprint density at radius 1 is 1.60 bits per heavy atom. The van der Waals surface area contributed by atoms with Crippen LogP contribution in [-0.4, -0.2) is 24.5 Å². The van der Waals surface area contributed by atoms with Gasteiger partial charge in [-0.2, -0.15) is 0 Å². The van der Waals surface area contributed by atoms with E-state index in [0.29, 0.717) is 5.56 Å². The minimum absolute atomic E-state index is 0.341. The lowest BCUT2D eigenvalue weighted by molar-refractivity contribution is 0.0953. The van der Waals surface area contributed by atoms with E-state index >= 15 is 0 Å². The van der Waals surface area contributed by atoms with Crippen molar-refractivity contribution in [1.82, 2.24) is 15.7 Å². The van der Waals surface area contributed by atoms with Crippen LogP contribution in [0.15, 0.2) is 24.5 Å². The number of hydrogen-bond acceptors (Lipinski definition) is 4. The lowest BCUT2D eigenvalue weighted by Gasteiger charge is -1.99. The summed E-state index contributed by atoms with van der Waals surface area (Å²) >= 11 is 0. The Bertz CT molecular complexity index is 362. The van der Waals surface area contributed by atoms with Gasteiger partial charge < -0.3 is 5.32 Å². The summed E-state index contributed by atoms with van der Waals surface area (Å²) in [5.41, 5.74) is 3.38. The number of hydrogen-bond donors (Lipinski definition) is 3. The van der Waals surface area contributed by atoms with Gasteiger partial charge in [-0.25, -0.2) is 5.84 Å². The summed E-state index contributed by atoms with van der Waals surface area (Å²) in [6.45, 7) is 0.771. The molecule has 5 heteroatoms. The molecule has 0 aromatic carbocycles. The highest BCUT2D eigenvalue weighted by molar-refractivity contribution is 5.93. The SMILES string of the molecule is CNCC=Cc1cncc(C(=O)NN)c1. The van der Waals surface area contributed by atoms with Crippen molar-refractivity contribution in [2.24, 2.45) is 5.84 Å². The molecule has 5 nitrogen and oxygen atoms in total. The molecule has 1 amide bonds. The third kappa shape index (κ3) is 3.49. The largest absolute Gasteiger partial charge is 0.316 e. The maximum Gasteiger partial charge on any atom is 0.266 e. The van der Waals surface area contributed by atoms with Crippen molar-refractivity contribution in [3.63, 3.8) is 0 Å². The van der Waals surface area contributed by atoms with Crippen LogP contribution in [0.5, 0.6) is 0 Å². The molecule has 0 aliphatic rings. The second-order valence-corrected chi connectivity index (χ2v) is 2.94. The van der Waals surface area contributed by atoms with Gasteiger partial charge in [0.1, 0.15) is 0 Å². The van der Waals surface area contributed by atoms with Crippen LogP contribution in [0, 0.1) is 0 Å². The van der Waals surface area contributed by atoms with Crippen LogP contribution in [0.1, 0.15) is 15.9 Å². The van der Waals surface area contributed by atoms with E-state index in [0.717, 1.165) is 12.1 Å². The molecular weight excluding hydrogens is 192 g/mol. The van der Waals surface area contributed by atoms with Crippen molar-refractivity contribution in [3.8, 4) is 0 Å². The number of nitrogen functional groups attached to an aromatic ring is 1. The first-order chi connectivity index (χ1) is 7.27. The van der Waals surface area contributed by atoms with Gasteiger partial charge in [0.15, 0.2) is 0 Å². The molecule has 0 radical (unpaired) electrons. The van der Waals surface area contributed by atoms with Crippen molar-refractivity contribution >= 4 is 12.0 Å². The molecule has 1 heterocycles. The van der Waals surface area contributed by atoms with Crippen molar-refractivity contribution in [2.75, 3.05) is 13.6 Å². The summed E-state index contributed by atoms with van der Waals surface area (Å²) in [4.78, 5) is 15.1. The number of pyridine rings is 1. The molecule has 0 bridgehead atoms. The fourth-order valence-electron chi connectivity index (χ4n) is 1.07. The molecule has 0 fully saturated rings. The minimum atomic E-state index is -0.341. The van der Waals surface area contributed by atoms with Crippen LogP contribution >= 0.6 is 0 Å². The number of nitrogens with one attached hydrogen (secondary N) is 2. The maximum atomic E-state index is 11.2. The zero-order chi connectivity index (χ0) is 11.1. The number of nitrogens with two attached hydrogens (primary N) is 1. The van der Waals surface area contributed by atoms with E-state index in [1.54, 1.807) is 12.3 Å². The topological polar surface area (TPSA) is 80.0 Å². The van der Waals surface area contributed by atoms with Gasteiger partial charge in [0.25, 0.3) is 5.91 Å². The predicted octanol–water partition coefficient (Wildman–Crippen LogP) is -0.0823. The first kappa shape index (κ1) is 11.4. The fraction of sp³-hybridized carbons (Fsp3) is 0.200. The van der Waals surface area contributed by atoms with Gasteiger partial charge >= 0.3 is 0 Å². The zero-order valence-electron chi connectivity index (χ0n) is 8.53. The second kappa shape index (κ2) is 5.90. The van der Waals surface area contributed by atoms with E-state index in [9.17, 15) is 4.79 Å². The highest BCUT2D eigenvalue weighted by atomic mass is 16.2. The van der Waals surface area contributed by atoms with E-state index in [2.05, 4.69) is 15.7 Å². The molecule has 0 atom stereocenters. The fourth-order valence-corrected chi connectivity index (χ4v) is 1.07. The first-order valence-electron chi connectivity index (χ1n) is 4.55. The highest BCUT2D eigenvalue weighted by Gasteiger charge is 2.02. The smallest absolute Gasteiger partial charge is 0.266 e. The Morgan fingerprint density at radius 2 is 2.40 bits per heavy atom. The van der Waals surface area contributed by atoms with Crippen LogP contribution < -0.4 is 16.6 Å². The van der Waals surface area contributed by atoms with Crippen molar-refractivity contribution in [2.45, 2.75) is 0 Å². The molecule has 1 rings (SSSR count). The zero-order valence-corrected chi connectivity index (χ0v) is 8.53. The van der Waals surface area contributed by atoms with Gasteiger partial charge in [-0.15, -0.1) is 0 Å². The van der Waals surface area contributed by atoms with E-state index in [-0.39, 0.29) is 5.91 Å². The average molecular weight is 206 g/mol. The lowest BCUT2D eigenvalue weighted by atomic mass is 10.2. The van der Waals surface area contributed by atoms with Crippen molar-refractivity contribution in [1.29, 1.82) is 0 Å². The Labute approximate surface area is 88.4 Å². The van der Waals surface area contributed by atoms with Crippen LogP contribution in [0.2, 0.25) is 0 Å². The lowest BCUT2D eigenvalue weighted by Crippen LogP contribution is -2.30. The van der Waals surface area contributed by atoms with Crippen molar-refractivity contribution in [3.05, 3.63) is 35.7 Å². The van der Waals surface area contributed by atoms with Crippen LogP contribution in [0.4, 0.5) is 0 Å². The number of carbonyl (C=O) groups excluding carboxylic acids is 1. The van der Waals surface area contributed by atoms with Gasteiger partial charge in [0.2, 0.25) is 0 Å². The highest BCUT2D eigenvalue weighted by Crippen LogP contribution is 2.04. The Kier molecular flexibility index (Phi) is 4.46. The molecule has 1 aromatic heterocycles. The van der Waals surface area contributed by atoms with Crippen LogP contribution in [0.25, 0.3) is 6.08 Å². The number of nitrogens with zero attached hydrogens (tertiary/aromatic N) is 1. The number of amides is 1. The number of hydrazine groups is 1. The van der Waals surface area contributed by atoms with Crippen molar-refractivity contribution < 1.29 is 4.79 Å². The first-order valence-corrected chi connectivity index (χ1v) is 4.55. The molecule has 0 unspecified atom stereocenters. The predicted molar refractivity (Wildman–Crippen MR) is 58.9 cm³/mol. The standard InChI is InChI=1S/C10H14N4O/c1-12-4-2-3-8-5-9(7-13-6-8)10(15)14-11/h2-3,5-7,12H,4,11H2,1H3,(H,14,15). The van der Waals surface area contributed by atoms with Gasteiger partial charge in [-0.3, -0.25) is 15.2 Å². The second-order valence-electron chi connectivity index (χ2n) is 2.94. The van der Waals surface area contributed by atoms with Gasteiger partial charge in [-0.1, -0.05) is 12.2 Å². The molecule has 0 spiro atoms. The van der Waals surface area contributed by atoms with Crippen LogP contribution in [0.3, 0.4) is 0 Å². The number of rotatable bonds is 4. The molecule has 0 saturated heterocycles. The van der Waals surface area contributed by atoms with Crippen LogP contribution in [-0.2, 0) is 0 Å². The van der Waals surface area contributed by atoms with E-state index in [4.69, 9.17) is 5.84 Å². The Balaban J connectivity index is 2.78. The average Bonchev–Trinajstić information content (AvgIpc) is 2.29. The van der Waals surface area contributed by atoms with E-state index in [1.165, 1.54) is 6.20 Å². The summed E-state index contributed by atoms with van der Waals surface area (Å²) in [6.07, 6.45) is 6.98. The molecule has 1 aromatic rings. The maximum absolute atomic E-state index is 11.2. The summed E-state index contributed by atoms with van der Waals surface area (Å²) in [7, 11) is 1.86. The summed E-state index contributed by atoms with van der Waals surface area (Å²) in [6, 6.07) is 1.72. The quantitative estimate of drug-likeness (QED) is 0.365. The summed E-state index contributed by atoms with van der Waals surface area (Å²) < 4.78 is 0. The number of likely N-dealkylation sites (N-methyl/N-ethyl adjacent to an activating group) is 1. The third-order valence-electron chi connectivity index (χ3n) is 1.78. The Morgan fingerprint density at radius 3 is 3.07 bits per heavy atom. The molecule has 80 valence electrons. The summed E-state index contributed by atoms with van der Waals surface area (Å²) in [5.74, 6) is 4.68. The van der Waals surface area contributed by atoms with E-state index < -0.39 is 0 Å². The van der Waals surface area contributed by atoms with E-state index in [1.807, 2.05) is 19.2 Å². The van der Waals surface area contributed by atoms with Gasteiger partial charge in [-0.05, 0) is 18.7 Å². The minimum Gasteiger partial charge on any atom is -0.316 e. The molecule has 0 aliphatic heterocycles. The molecule has 0 saturated carbocycles. The molecular formula is C10H14N4O. The van der Waals surface area contributed by atoms with Gasteiger partial charge in [0.05, 0.1) is 5.56 Å². The number of carbonyl (C=O) groups is 1. The normalized spacial score (nSPS) is 10.5. The number of aromatic nitrogens is 1. The monoisotopic (exact) mass is 206 g/mol. The Hall–Kier alpha value is -1.72. The molecule has 15 heavy (non-hydrogen) atoms. The molecule has 4 N–H and O–H groups in total. The van der Waals surface area contributed by atoms with Gasteiger partial charge in [0, 0.05) is 18.9 Å². The molecule has 0 aliphatic carbocycles.